The minimum absolute atomic E-state index is 0.0672. The molecular formula is C19H15NO4S. The van der Waals surface area contributed by atoms with Gasteiger partial charge in [-0.1, -0.05) is 41.7 Å². The number of carboxylic acids is 1. The third-order valence-electron chi connectivity index (χ3n) is 4.05. The van der Waals surface area contributed by atoms with Crippen molar-refractivity contribution in [2.75, 3.05) is 0 Å². The monoisotopic (exact) mass is 353 g/mol. The van der Waals surface area contributed by atoms with Crippen LogP contribution in [0.3, 0.4) is 0 Å². The molecule has 0 spiro atoms. The lowest BCUT2D eigenvalue weighted by atomic mass is 9.97. The molecule has 1 aliphatic heterocycles. The molecule has 0 amide bonds. The minimum Gasteiger partial charge on any atom is -0.485 e. The van der Waals surface area contributed by atoms with Gasteiger partial charge in [0.1, 0.15) is 22.5 Å². The molecule has 0 fully saturated rings. The van der Waals surface area contributed by atoms with Crippen molar-refractivity contribution in [3.8, 4) is 16.7 Å². The smallest absolute Gasteiger partial charge is 0.347 e. The van der Waals surface area contributed by atoms with Gasteiger partial charge >= 0.3 is 5.97 Å². The van der Waals surface area contributed by atoms with E-state index in [0.29, 0.717) is 10.9 Å². The van der Waals surface area contributed by atoms with E-state index in [-0.39, 0.29) is 11.0 Å². The number of carboxylic acid groups (broad SMARTS) is 1. The van der Waals surface area contributed by atoms with Crippen molar-refractivity contribution in [3.63, 3.8) is 0 Å². The summed E-state index contributed by atoms with van der Waals surface area (Å²) in [6.45, 7) is 0. The van der Waals surface area contributed by atoms with Gasteiger partial charge in [0, 0.05) is 0 Å². The fourth-order valence-corrected chi connectivity index (χ4v) is 3.46. The molecule has 6 heteroatoms. The van der Waals surface area contributed by atoms with Crippen LogP contribution in [0, 0.1) is 0 Å². The number of fused-ring (bicyclic) bond motifs is 1. The first-order valence-corrected chi connectivity index (χ1v) is 8.72. The molecule has 3 aromatic rings. The Kier molecular flexibility index (Phi) is 4.11. The van der Waals surface area contributed by atoms with Gasteiger partial charge in [-0.25, -0.2) is 9.78 Å². The zero-order valence-electron chi connectivity index (χ0n) is 13.2. The van der Waals surface area contributed by atoms with E-state index < -0.39 is 5.97 Å². The van der Waals surface area contributed by atoms with Gasteiger partial charge in [-0.2, -0.15) is 0 Å². The van der Waals surface area contributed by atoms with Gasteiger partial charge in [-0.3, -0.25) is 0 Å². The third kappa shape index (κ3) is 3.34. The SMILES string of the molecule is O=C(O)c1cnc(Oc2ccc3c(c2)CC[C@H](c2ccccc2)O3)s1. The molecule has 4 rings (SSSR count). The molecule has 0 saturated carbocycles. The third-order valence-corrected chi connectivity index (χ3v) is 4.91. The number of hydrogen-bond donors (Lipinski definition) is 1. The largest absolute Gasteiger partial charge is 0.485 e. The molecule has 0 aliphatic carbocycles. The lowest BCUT2D eigenvalue weighted by molar-refractivity contribution is 0.0702. The van der Waals surface area contributed by atoms with Crippen molar-refractivity contribution in [1.29, 1.82) is 0 Å². The Morgan fingerprint density at radius 3 is 2.84 bits per heavy atom. The molecule has 1 aliphatic rings. The minimum atomic E-state index is -1.00. The van der Waals surface area contributed by atoms with E-state index in [2.05, 4.69) is 17.1 Å². The summed E-state index contributed by atoms with van der Waals surface area (Å²) in [5.41, 5.74) is 2.26. The summed E-state index contributed by atoms with van der Waals surface area (Å²) in [5, 5.41) is 9.26. The van der Waals surface area contributed by atoms with Crippen molar-refractivity contribution < 1.29 is 19.4 Å². The molecule has 0 bridgehead atoms. The lowest BCUT2D eigenvalue weighted by Gasteiger charge is -2.26. The van der Waals surface area contributed by atoms with Crippen LogP contribution in [0.25, 0.3) is 0 Å². The lowest BCUT2D eigenvalue weighted by Crippen LogP contribution is -2.15. The predicted molar refractivity (Wildman–Crippen MR) is 93.7 cm³/mol. The highest BCUT2D eigenvalue weighted by Gasteiger charge is 2.22. The molecule has 0 unspecified atom stereocenters. The van der Waals surface area contributed by atoms with Gasteiger partial charge in [-0.05, 0) is 42.2 Å². The van der Waals surface area contributed by atoms with Crippen LogP contribution in [0.2, 0.25) is 0 Å². The Hall–Kier alpha value is -2.86. The molecule has 1 N–H and O–H groups in total. The van der Waals surface area contributed by atoms with E-state index >= 15 is 0 Å². The summed E-state index contributed by atoms with van der Waals surface area (Å²) < 4.78 is 11.8. The van der Waals surface area contributed by atoms with Crippen molar-refractivity contribution >= 4 is 17.3 Å². The van der Waals surface area contributed by atoms with Crippen molar-refractivity contribution in [1.82, 2.24) is 4.98 Å². The van der Waals surface area contributed by atoms with Crippen LogP contribution in [-0.2, 0) is 6.42 Å². The molecule has 2 heterocycles. The van der Waals surface area contributed by atoms with Crippen LogP contribution < -0.4 is 9.47 Å². The Balaban J connectivity index is 1.50. The van der Waals surface area contributed by atoms with Crippen LogP contribution in [0.5, 0.6) is 16.7 Å². The Morgan fingerprint density at radius 2 is 2.08 bits per heavy atom. The summed E-state index contributed by atoms with van der Waals surface area (Å²) in [7, 11) is 0. The fraction of sp³-hybridized carbons (Fsp3) is 0.158. The number of ether oxygens (including phenoxy) is 2. The summed E-state index contributed by atoms with van der Waals surface area (Å²) in [6, 6.07) is 15.8. The molecule has 126 valence electrons. The highest BCUT2D eigenvalue weighted by molar-refractivity contribution is 7.15. The first-order chi connectivity index (χ1) is 12.2. The average Bonchev–Trinajstić information content (AvgIpc) is 3.11. The van der Waals surface area contributed by atoms with E-state index in [0.717, 1.165) is 35.5 Å². The van der Waals surface area contributed by atoms with E-state index in [1.54, 1.807) is 0 Å². The van der Waals surface area contributed by atoms with Crippen LogP contribution in [0.15, 0.2) is 54.7 Å². The normalized spacial score (nSPS) is 15.9. The number of hydrogen-bond acceptors (Lipinski definition) is 5. The van der Waals surface area contributed by atoms with E-state index in [4.69, 9.17) is 14.6 Å². The first-order valence-electron chi connectivity index (χ1n) is 7.90. The molecule has 5 nitrogen and oxygen atoms in total. The number of carbonyl (C=O) groups is 1. The molecule has 0 saturated heterocycles. The fourth-order valence-electron chi connectivity index (χ4n) is 2.84. The summed E-state index contributed by atoms with van der Waals surface area (Å²) in [5.74, 6) is 0.489. The summed E-state index contributed by atoms with van der Waals surface area (Å²) in [4.78, 5) is 15.0. The van der Waals surface area contributed by atoms with Crippen LogP contribution in [-0.4, -0.2) is 16.1 Å². The zero-order valence-corrected chi connectivity index (χ0v) is 14.0. The highest BCUT2D eigenvalue weighted by Crippen LogP contribution is 2.37. The molecule has 25 heavy (non-hydrogen) atoms. The average molecular weight is 353 g/mol. The van der Waals surface area contributed by atoms with E-state index in [9.17, 15) is 4.79 Å². The van der Waals surface area contributed by atoms with Crippen molar-refractivity contribution in [2.24, 2.45) is 0 Å². The number of aromatic carboxylic acids is 1. The van der Waals surface area contributed by atoms with Crippen molar-refractivity contribution in [3.05, 3.63) is 70.7 Å². The molecule has 2 aromatic carbocycles. The number of rotatable bonds is 4. The maximum atomic E-state index is 10.9. The van der Waals surface area contributed by atoms with Gasteiger partial charge in [0.15, 0.2) is 0 Å². The van der Waals surface area contributed by atoms with E-state index in [1.807, 2.05) is 36.4 Å². The first kappa shape index (κ1) is 15.7. The topological polar surface area (TPSA) is 68.7 Å². The maximum Gasteiger partial charge on any atom is 0.347 e. The number of aromatic nitrogens is 1. The standard InChI is InChI=1S/C19H15NO4S/c21-18(22)17-11-20-19(25-17)23-14-7-9-16-13(10-14)6-8-15(24-16)12-4-2-1-3-5-12/h1-5,7,9-11,15H,6,8H2,(H,21,22)/t15-/m1/s1. The van der Waals surface area contributed by atoms with E-state index in [1.165, 1.54) is 11.8 Å². The zero-order chi connectivity index (χ0) is 17.2. The second-order valence-corrected chi connectivity index (χ2v) is 6.72. The number of aryl methyl sites for hydroxylation is 1. The van der Waals surface area contributed by atoms with Crippen LogP contribution in [0.4, 0.5) is 0 Å². The quantitative estimate of drug-likeness (QED) is 0.736. The van der Waals surface area contributed by atoms with Gasteiger partial charge in [-0.15, -0.1) is 0 Å². The van der Waals surface area contributed by atoms with Crippen LogP contribution >= 0.6 is 11.3 Å². The molecule has 0 radical (unpaired) electrons. The van der Waals surface area contributed by atoms with Gasteiger partial charge in [0.25, 0.3) is 5.19 Å². The number of nitrogens with zero attached hydrogens (tertiary/aromatic N) is 1. The Bertz CT molecular complexity index is 907. The Morgan fingerprint density at radius 1 is 1.24 bits per heavy atom. The highest BCUT2D eigenvalue weighted by atomic mass is 32.1. The number of benzene rings is 2. The second kappa shape index (κ2) is 6.57. The van der Waals surface area contributed by atoms with Crippen LogP contribution in [0.1, 0.15) is 33.3 Å². The second-order valence-electron chi connectivity index (χ2n) is 5.72. The van der Waals surface area contributed by atoms with Gasteiger partial charge < -0.3 is 14.6 Å². The van der Waals surface area contributed by atoms with Gasteiger partial charge in [0.2, 0.25) is 0 Å². The number of thiazole rings is 1. The Labute approximate surface area is 148 Å². The molecule has 1 atom stereocenters. The summed E-state index contributed by atoms with van der Waals surface area (Å²) in [6.07, 6.45) is 3.16. The van der Waals surface area contributed by atoms with Crippen molar-refractivity contribution in [2.45, 2.75) is 18.9 Å². The summed E-state index contributed by atoms with van der Waals surface area (Å²) >= 11 is 1.01. The molecular weight excluding hydrogens is 338 g/mol. The van der Waals surface area contributed by atoms with Gasteiger partial charge in [0.05, 0.1) is 6.20 Å². The molecule has 1 aromatic heterocycles. The maximum absolute atomic E-state index is 10.9. The predicted octanol–water partition coefficient (Wildman–Crippen LogP) is 4.70.